The van der Waals surface area contributed by atoms with E-state index in [4.69, 9.17) is 5.11 Å². The summed E-state index contributed by atoms with van der Waals surface area (Å²) in [7, 11) is 0. The molecule has 0 spiro atoms. The molecule has 0 amide bonds. The smallest absolute Gasteiger partial charge is 0.390 e. The fourth-order valence-electron chi connectivity index (χ4n) is 1.90. The predicted octanol–water partition coefficient (Wildman–Crippen LogP) is 3.00. The van der Waals surface area contributed by atoms with Crippen LogP contribution in [0.15, 0.2) is 18.2 Å². The lowest BCUT2D eigenvalue weighted by Gasteiger charge is -2.09. The highest BCUT2D eigenvalue weighted by Crippen LogP contribution is 2.24. The number of nitrogens with zero attached hydrogens (tertiary/aromatic N) is 2. The van der Waals surface area contributed by atoms with Crippen molar-refractivity contribution in [1.82, 2.24) is 9.55 Å². The molecule has 0 atom stereocenters. The van der Waals surface area contributed by atoms with Gasteiger partial charge in [-0.15, -0.1) is 0 Å². The van der Waals surface area contributed by atoms with Gasteiger partial charge in [-0.2, -0.15) is 13.2 Å². The van der Waals surface area contributed by atoms with Crippen molar-refractivity contribution < 1.29 is 23.1 Å². The highest BCUT2D eigenvalue weighted by atomic mass is 19.4. The van der Waals surface area contributed by atoms with Crippen LogP contribution in [-0.2, 0) is 6.54 Å². The molecule has 4 nitrogen and oxygen atoms in total. The topological polar surface area (TPSA) is 55.1 Å². The molecule has 0 radical (unpaired) electrons. The Balaban J connectivity index is 2.44. The van der Waals surface area contributed by atoms with Gasteiger partial charge in [0.15, 0.2) is 0 Å². The van der Waals surface area contributed by atoms with Gasteiger partial charge in [-0.25, -0.2) is 9.78 Å². The summed E-state index contributed by atoms with van der Waals surface area (Å²) in [5.74, 6) is -0.690. The highest BCUT2D eigenvalue weighted by molar-refractivity contribution is 5.92. The summed E-state index contributed by atoms with van der Waals surface area (Å²) < 4.78 is 38.2. The van der Waals surface area contributed by atoms with Crippen LogP contribution < -0.4 is 0 Å². The van der Waals surface area contributed by atoms with Crippen LogP contribution in [0.3, 0.4) is 0 Å². The molecule has 1 heterocycles. The Hall–Kier alpha value is -2.05. The molecule has 0 saturated carbocycles. The zero-order chi connectivity index (χ0) is 14.2. The van der Waals surface area contributed by atoms with Crippen molar-refractivity contribution in [3.05, 3.63) is 29.6 Å². The van der Waals surface area contributed by atoms with Gasteiger partial charge in [0.25, 0.3) is 0 Å². The molecular formula is C12H11F3N2O2. The first-order chi connectivity index (χ1) is 8.78. The van der Waals surface area contributed by atoms with E-state index in [1.54, 1.807) is 6.92 Å². The van der Waals surface area contributed by atoms with Crippen molar-refractivity contribution in [2.75, 3.05) is 0 Å². The van der Waals surface area contributed by atoms with Crippen LogP contribution in [0, 0.1) is 6.92 Å². The third-order valence-corrected chi connectivity index (χ3v) is 2.80. The van der Waals surface area contributed by atoms with E-state index in [2.05, 4.69) is 4.98 Å². The number of imidazole rings is 1. The lowest BCUT2D eigenvalue weighted by Crippen LogP contribution is -2.13. The van der Waals surface area contributed by atoms with E-state index in [0.717, 1.165) is 0 Å². The van der Waals surface area contributed by atoms with E-state index in [9.17, 15) is 18.0 Å². The van der Waals surface area contributed by atoms with Gasteiger partial charge in [-0.1, -0.05) is 0 Å². The number of aromatic carboxylic acids is 1. The first-order valence-corrected chi connectivity index (χ1v) is 5.55. The number of carboxylic acids is 1. The lowest BCUT2D eigenvalue weighted by molar-refractivity contribution is -0.136. The average molecular weight is 272 g/mol. The summed E-state index contributed by atoms with van der Waals surface area (Å²) >= 11 is 0. The van der Waals surface area contributed by atoms with Gasteiger partial charge in [0, 0.05) is 6.54 Å². The fourth-order valence-corrected chi connectivity index (χ4v) is 1.90. The number of halogens is 3. The number of hydrogen-bond donors (Lipinski definition) is 1. The number of aromatic nitrogens is 2. The van der Waals surface area contributed by atoms with Gasteiger partial charge < -0.3 is 9.67 Å². The van der Waals surface area contributed by atoms with Crippen molar-refractivity contribution in [2.45, 2.75) is 26.1 Å². The predicted molar refractivity (Wildman–Crippen MR) is 62.1 cm³/mol. The number of fused-ring (bicyclic) bond motifs is 1. The molecule has 102 valence electrons. The zero-order valence-electron chi connectivity index (χ0n) is 10.0. The van der Waals surface area contributed by atoms with E-state index < -0.39 is 18.6 Å². The summed E-state index contributed by atoms with van der Waals surface area (Å²) in [6, 6.07) is 4.22. The Morgan fingerprint density at radius 1 is 1.42 bits per heavy atom. The van der Waals surface area contributed by atoms with E-state index in [1.165, 1.54) is 22.8 Å². The lowest BCUT2D eigenvalue weighted by atomic mass is 10.2. The van der Waals surface area contributed by atoms with Crippen LogP contribution in [0.5, 0.6) is 0 Å². The van der Waals surface area contributed by atoms with Crippen LogP contribution in [0.25, 0.3) is 11.0 Å². The minimum Gasteiger partial charge on any atom is -0.478 e. The zero-order valence-corrected chi connectivity index (χ0v) is 10.0. The molecule has 0 fully saturated rings. The van der Waals surface area contributed by atoms with Crippen molar-refractivity contribution in [2.24, 2.45) is 0 Å². The number of carboxylic acid groups (broad SMARTS) is 1. The van der Waals surface area contributed by atoms with E-state index in [-0.39, 0.29) is 12.1 Å². The fraction of sp³-hybridized carbons (Fsp3) is 0.333. The van der Waals surface area contributed by atoms with Crippen LogP contribution in [-0.4, -0.2) is 26.8 Å². The Morgan fingerprint density at radius 3 is 2.68 bits per heavy atom. The maximum atomic E-state index is 12.3. The SMILES string of the molecule is Cc1nc2ccc(C(=O)O)cc2n1CCC(F)(F)F. The number of carbonyl (C=O) groups is 1. The first kappa shape index (κ1) is 13.4. The van der Waals surface area contributed by atoms with E-state index in [1.807, 2.05) is 0 Å². The monoisotopic (exact) mass is 272 g/mol. The second kappa shape index (κ2) is 4.56. The van der Waals surface area contributed by atoms with Crippen molar-refractivity contribution in [3.63, 3.8) is 0 Å². The quantitative estimate of drug-likeness (QED) is 0.934. The molecule has 0 aliphatic carbocycles. The normalized spacial score (nSPS) is 12.0. The molecule has 0 aliphatic heterocycles. The average Bonchev–Trinajstić information content (AvgIpc) is 2.60. The number of aryl methyl sites for hydroxylation is 2. The van der Waals surface area contributed by atoms with Gasteiger partial charge in [0.05, 0.1) is 23.0 Å². The second-order valence-corrected chi connectivity index (χ2v) is 4.18. The minimum absolute atomic E-state index is 0.0284. The Kier molecular flexibility index (Phi) is 3.21. The van der Waals surface area contributed by atoms with Gasteiger partial charge in [-0.3, -0.25) is 0 Å². The Bertz CT molecular complexity index is 632. The van der Waals surface area contributed by atoms with Crippen molar-refractivity contribution >= 4 is 17.0 Å². The largest absolute Gasteiger partial charge is 0.478 e. The number of benzene rings is 1. The standard InChI is InChI=1S/C12H11F3N2O2/c1-7-16-9-3-2-8(11(18)19)6-10(9)17(7)5-4-12(13,14)15/h2-3,6H,4-5H2,1H3,(H,18,19). The summed E-state index contributed by atoms with van der Waals surface area (Å²) in [6.07, 6.45) is -5.23. The number of hydrogen-bond acceptors (Lipinski definition) is 2. The number of rotatable bonds is 3. The van der Waals surface area contributed by atoms with Crippen molar-refractivity contribution in [1.29, 1.82) is 0 Å². The highest BCUT2D eigenvalue weighted by Gasteiger charge is 2.27. The molecule has 0 saturated heterocycles. The van der Waals surface area contributed by atoms with Crippen LogP contribution >= 0.6 is 0 Å². The third kappa shape index (κ3) is 2.86. The van der Waals surface area contributed by atoms with Crippen molar-refractivity contribution in [3.8, 4) is 0 Å². The molecule has 1 N–H and O–H groups in total. The maximum absolute atomic E-state index is 12.3. The summed E-state index contributed by atoms with van der Waals surface area (Å²) in [4.78, 5) is 15.0. The van der Waals surface area contributed by atoms with Crippen LogP contribution in [0.2, 0.25) is 0 Å². The summed E-state index contributed by atoms with van der Waals surface area (Å²) in [5.41, 5.74) is 0.923. The molecule has 7 heteroatoms. The second-order valence-electron chi connectivity index (χ2n) is 4.18. The molecule has 2 aromatic rings. The Labute approximate surface area is 106 Å². The molecule has 1 aromatic carbocycles. The third-order valence-electron chi connectivity index (χ3n) is 2.80. The molecule has 0 unspecified atom stereocenters. The minimum atomic E-state index is -4.26. The van der Waals surface area contributed by atoms with Gasteiger partial charge in [-0.05, 0) is 25.1 Å². The van der Waals surface area contributed by atoms with Crippen LogP contribution in [0.4, 0.5) is 13.2 Å². The first-order valence-electron chi connectivity index (χ1n) is 5.55. The maximum Gasteiger partial charge on any atom is 0.390 e. The van der Waals surface area contributed by atoms with Gasteiger partial charge in [0.1, 0.15) is 5.82 Å². The van der Waals surface area contributed by atoms with Gasteiger partial charge >= 0.3 is 12.1 Å². The molecule has 2 rings (SSSR count). The molecule has 1 aromatic heterocycles. The summed E-state index contributed by atoms with van der Waals surface area (Å²) in [5, 5.41) is 8.89. The molecule has 0 bridgehead atoms. The summed E-state index contributed by atoms with van der Waals surface area (Å²) in [6.45, 7) is 1.33. The Morgan fingerprint density at radius 2 is 2.11 bits per heavy atom. The number of alkyl halides is 3. The molecule has 19 heavy (non-hydrogen) atoms. The molecule has 0 aliphatic rings. The van der Waals surface area contributed by atoms with Gasteiger partial charge in [0.2, 0.25) is 0 Å². The van der Waals surface area contributed by atoms with E-state index >= 15 is 0 Å². The van der Waals surface area contributed by atoms with E-state index in [0.29, 0.717) is 16.9 Å². The van der Waals surface area contributed by atoms with Crippen LogP contribution in [0.1, 0.15) is 22.6 Å². The molecular weight excluding hydrogens is 261 g/mol.